The van der Waals surface area contributed by atoms with Crippen molar-refractivity contribution in [2.24, 2.45) is 0 Å². The van der Waals surface area contributed by atoms with Crippen LogP contribution in [-0.2, 0) is 6.42 Å². The molecule has 1 aliphatic heterocycles. The van der Waals surface area contributed by atoms with Crippen LogP contribution in [0.2, 0.25) is 0 Å². The number of carbonyl (C=O) groups excluding carboxylic acids is 2. The zero-order valence-electron chi connectivity index (χ0n) is 14.0. The van der Waals surface area contributed by atoms with Gasteiger partial charge in [0.1, 0.15) is 0 Å². The van der Waals surface area contributed by atoms with Crippen molar-refractivity contribution in [3.63, 3.8) is 0 Å². The molecule has 0 aromatic heterocycles. The molecule has 0 spiro atoms. The summed E-state index contributed by atoms with van der Waals surface area (Å²) in [5.41, 5.74) is 3.51. The van der Waals surface area contributed by atoms with Crippen LogP contribution in [0.4, 0.5) is 5.69 Å². The SMILES string of the molecule is C=CCc1ccc(C)c(C)c1N1C(=O)c2ccc(C(=O)O)cc2C1=O. The number of hydrogen-bond acceptors (Lipinski definition) is 3. The first kappa shape index (κ1) is 16.6. The van der Waals surface area contributed by atoms with Crippen LogP contribution in [0, 0.1) is 13.8 Å². The van der Waals surface area contributed by atoms with Gasteiger partial charge in [0, 0.05) is 0 Å². The number of carboxylic acids is 1. The highest BCUT2D eigenvalue weighted by molar-refractivity contribution is 6.35. The molecule has 2 aromatic carbocycles. The third-order valence-corrected chi connectivity index (χ3v) is 4.51. The number of allylic oxidation sites excluding steroid dienone is 1. The average molecular weight is 335 g/mol. The molecule has 2 amide bonds. The third kappa shape index (κ3) is 2.54. The van der Waals surface area contributed by atoms with Crippen molar-refractivity contribution in [3.8, 4) is 0 Å². The van der Waals surface area contributed by atoms with E-state index in [1.54, 1.807) is 6.08 Å². The number of benzene rings is 2. The first-order valence-electron chi connectivity index (χ1n) is 7.83. The van der Waals surface area contributed by atoms with Gasteiger partial charge in [0.15, 0.2) is 0 Å². The Balaban J connectivity index is 2.19. The molecule has 1 N–H and O–H groups in total. The molecule has 126 valence electrons. The number of anilines is 1. The summed E-state index contributed by atoms with van der Waals surface area (Å²) in [6, 6.07) is 7.82. The van der Waals surface area contributed by atoms with Crippen LogP contribution >= 0.6 is 0 Å². The van der Waals surface area contributed by atoms with Crippen LogP contribution in [-0.4, -0.2) is 22.9 Å². The number of fused-ring (bicyclic) bond motifs is 1. The molecular weight excluding hydrogens is 318 g/mol. The standard InChI is InChI=1S/C20H17NO4/c1-4-5-13-7-6-11(2)12(3)17(13)21-18(22)15-9-8-14(20(24)25)10-16(15)19(21)23/h4,6-10H,1,5H2,2-3H3,(H,24,25). The fourth-order valence-electron chi connectivity index (χ4n) is 3.07. The molecule has 2 aromatic rings. The number of aromatic carboxylic acids is 1. The van der Waals surface area contributed by atoms with Gasteiger partial charge in [-0.2, -0.15) is 0 Å². The van der Waals surface area contributed by atoms with Crippen LogP contribution in [0.15, 0.2) is 43.0 Å². The summed E-state index contributed by atoms with van der Waals surface area (Å²) in [6.45, 7) is 7.51. The van der Waals surface area contributed by atoms with E-state index >= 15 is 0 Å². The number of amides is 2. The second-order valence-corrected chi connectivity index (χ2v) is 6.02. The summed E-state index contributed by atoms with van der Waals surface area (Å²) < 4.78 is 0. The number of carboxylic acid groups (broad SMARTS) is 1. The van der Waals surface area contributed by atoms with Crippen molar-refractivity contribution in [3.05, 3.63) is 76.4 Å². The quantitative estimate of drug-likeness (QED) is 0.685. The Bertz CT molecular complexity index is 943. The number of aryl methyl sites for hydroxylation is 1. The molecule has 1 heterocycles. The summed E-state index contributed by atoms with van der Waals surface area (Å²) >= 11 is 0. The van der Waals surface area contributed by atoms with Crippen LogP contribution in [0.1, 0.15) is 47.8 Å². The lowest BCUT2D eigenvalue weighted by Gasteiger charge is -2.21. The van der Waals surface area contributed by atoms with E-state index in [0.29, 0.717) is 12.1 Å². The lowest BCUT2D eigenvalue weighted by molar-refractivity contribution is 0.0696. The maximum absolute atomic E-state index is 12.9. The molecule has 1 aliphatic rings. The molecule has 0 radical (unpaired) electrons. The van der Waals surface area contributed by atoms with Crippen molar-refractivity contribution >= 4 is 23.5 Å². The molecule has 0 atom stereocenters. The number of imide groups is 1. The van der Waals surface area contributed by atoms with Gasteiger partial charge in [0.05, 0.1) is 22.4 Å². The van der Waals surface area contributed by atoms with Gasteiger partial charge in [-0.1, -0.05) is 18.2 Å². The van der Waals surface area contributed by atoms with E-state index < -0.39 is 17.8 Å². The first-order chi connectivity index (χ1) is 11.9. The normalized spacial score (nSPS) is 13.1. The average Bonchev–Trinajstić information content (AvgIpc) is 2.83. The van der Waals surface area contributed by atoms with E-state index in [0.717, 1.165) is 21.6 Å². The van der Waals surface area contributed by atoms with Gasteiger partial charge in [-0.15, -0.1) is 6.58 Å². The predicted molar refractivity (Wildman–Crippen MR) is 94.4 cm³/mol. The monoisotopic (exact) mass is 335 g/mol. The highest BCUT2D eigenvalue weighted by Crippen LogP contribution is 2.35. The van der Waals surface area contributed by atoms with Crippen LogP contribution in [0.25, 0.3) is 0 Å². The highest BCUT2D eigenvalue weighted by atomic mass is 16.4. The zero-order valence-corrected chi connectivity index (χ0v) is 14.0. The van der Waals surface area contributed by atoms with E-state index in [1.165, 1.54) is 18.2 Å². The number of nitrogens with zero attached hydrogens (tertiary/aromatic N) is 1. The van der Waals surface area contributed by atoms with E-state index in [2.05, 4.69) is 6.58 Å². The minimum Gasteiger partial charge on any atom is -0.478 e. The Morgan fingerprint density at radius 3 is 2.44 bits per heavy atom. The molecule has 25 heavy (non-hydrogen) atoms. The van der Waals surface area contributed by atoms with E-state index in [4.69, 9.17) is 5.11 Å². The van der Waals surface area contributed by atoms with Gasteiger partial charge >= 0.3 is 5.97 Å². The summed E-state index contributed by atoms with van der Waals surface area (Å²) in [7, 11) is 0. The number of hydrogen-bond donors (Lipinski definition) is 1. The van der Waals surface area contributed by atoms with Crippen molar-refractivity contribution in [1.82, 2.24) is 0 Å². The van der Waals surface area contributed by atoms with Gasteiger partial charge in [0.25, 0.3) is 11.8 Å². The first-order valence-corrected chi connectivity index (χ1v) is 7.83. The molecule has 0 saturated carbocycles. The molecule has 5 heteroatoms. The predicted octanol–water partition coefficient (Wildman–Crippen LogP) is 3.53. The Labute approximate surface area is 145 Å². The fraction of sp³-hybridized carbons (Fsp3) is 0.150. The Morgan fingerprint density at radius 1 is 1.12 bits per heavy atom. The molecule has 0 saturated heterocycles. The minimum atomic E-state index is -1.14. The lowest BCUT2D eigenvalue weighted by Crippen LogP contribution is -2.31. The van der Waals surface area contributed by atoms with Crippen LogP contribution < -0.4 is 4.90 Å². The molecule has 0 bridgehead atoms. The van der Waals surface area contributed by atoms with Gasteiger partial charge in [0.2, 0.25) is 0 Å². The van der Waals surface area contributed by atoms with Crippen molar-refractivity contribution in [1.29, 1.82) is 0 Å². The van der Waals surface area contributed by atoms with Crippen LogP contribution in [0.5, 0.6) is 0 Å². The van der Waals surface area contributed by atoms with Crippen molar-refractivity contribution in [2.75, 3.05) is 4.90 Å². The van der Waals surface area contributed by atoms with Crippen molar-refractivity contribution in [2.45, 2.75) is 20.3 Å². The second kappa shape index (κ2) is 6.02. The Kier molecular flexibility index (Phi) is 4.00. The Morgan fingerprint density at radius 2 is 1.80 bits per heavy atom. The van der Waals surface area contributed by atoms with Crippen molar-refractivity contribution < 1.29 is 19.5 Å². The number of rotatable bonds is 4. The highest BCUT2D eigenvalue weighted by Gasteiger charge is 2.38. The van der Waals surface area contributed by atoms with Gasteiger partial charge < -0.3 is 5.11 Å². The molecule has 3 rings (SSSR count). The molecule has 5 nitrogen and oxygen atoms in total. The fourth-order valence-corrected chi connectivity index (χ4v) is 3.07. The number of carbonyl (C=O) groups is 3. The molecule has 0 aliphatic carbocycles. The van der Waals surface area contributed by atoms with Crippen LogP contribution in [0.3, 0.4) is 0 Å². The molecule has 0 unspecified atom stereocenters. The summed E-state index contributed by atoms with van der Waals surface area (Å²) in [5.74, 6) is -2.07. The third-order valence-electron chi connectivity index (χ3n) is 4.51. The van der Waals surface area contributed by atoms with E-state index in [-0.39, 0.29) is 16.7 Å². The van der Waals surface area contributed by atoms with E-state index in [1.807, 2.05) is 26.0 Å². The largest absolute Gasteiger partial charge is 0.478 e. The second-order valence-electron chi connectivity index (χ2n) is 6.02. The maximum Gasteiger partial charge on any atom is 0.335 e. The molecular formula is C20H17NO4. The van der Waals surface area contributed by atoms with Gasteiger partial charge in [-0.25, -0.2) is 9.69 Å². The minimum absolute atomic E-state index is 0.0194. The summed E-state index contributed by atoms with van der Waals surface area (Å²) in [4.78, 5) is 38.0. The smallest absolute Gasteiger partial charge is 0.335 e. The Hall–Kier alpha value is -3.21. The molecule has 0 fully saturated rings. The van der Waals surface area contributed by atoms with Gasteiger partial charge in [-0.05, 0) is 55.2 Å². The maximum atomic E-state index is 12.9. The van der Waals surface area contributed by atoms with Gasteiger partial charge in [-0.3, -0.25) is 9.59 Å². The summed E-state index contributed by atoms with van der Waals surface area (Å²) in [5, 5.41) is 9.12. The zero-order chi connectivity index (χ0) is 18.3. The topological polar surface area (TPSA) is 74.7 Å². The summed E-state index contributed by atoms with van der Waals surface area (Å²) in [6.07, 6.45) is 2.23. The van der Waals surface area contributed by atoms with E-state index in [9.17, 15) is 14.4 Å². The lowest BCUT2D eigenvalue weighted by atomic mass is 9.99.